The van der Waals surface area contributed by atoms with E-state index in [1.807, 2.05) is 30.3 Å². The minimum Gasteiger partial charge on any atom is -0.339 e. The van der Waals surface area contributed by atoms with Crippen LogP contribution in [-0.2, 0) is 11.2 Å². The third kappa shape index (κ3) is 3.03. The highest BCUT2D eigenvalue weighted by Gasteiger charge is 2.35. The van der Waals surface area contributed by atoms with Crippen molar-refractivity contribution >= 4 is 11.6 Å². The van der Waals surface area contributed by atoms with E-state index >= 15 is 0 Å². The maximum Gasteiger partial charge on any atom is 0.232 e. The van der Waals surface area contributed by atoms with Gasteiger partial charge in [0.25, 0.3) is 0 Å². The number of hydrogen-bond donors (Lipinski definition) is 0. The van der Waals surface area contributed by atoms with Crippen molar-refractivity contribution in [3.8, 4) is 11.5 Å². The van der Waals surface area contributed by atoms with Crippen molar-refractivity contribution in [2.45, 2.75) is 25.7 Å². The van der Waals surface area contributed by atoms with E-state index in [1.54, 1.807) is 11.1 Å². The van der Waals surface area contributed by atoms with Gasteiger partial charge in [-0.1, -0.05) is 30.3 Å². The molecular weight excluding hydrogens is 316 g/mol. The molecule has 1 aliphatic heterocycles. The monoisotopic (exact) mass is 334 g/mol. The van der Waals surface area contributed by atoms with Crippen LogP contribution in [0.4, 0.5) is 5.69 Å². The molecule has 0 N–H and O–H groups in total. The van der Waals surface area contributed by atoms with Crippen molar-refractivity contribution in [1.29, 1.82) is 0 Å². The summed E-state index contributed by atoms with van der Waals surface area (Å²) in [6.07, 6.45) is 3.04. The van der Waals surface area contributed by atoms with Crippen molar-refractivity contribution in [3.05, 3.63) is 60.1 Å². The summed E-state index contributed by atoms with van der Waals surface area (Å²) < 4.78 is 5.39. The SMILES string of the molecule is CCc1ccc(N2CC(c3nc(-c4ccccn4)no3)CC2=O)cc1. The summed E-state index contributed by atoms with van der Waals surface area (Å²) in [6, 6.07) is 13.6. The summed E-state index contributed by atoms with van der Waals surface area (Å²) in [6.45, 7) is 2.66. The third-order valence-electron chi connectivity index (χ3n) is 4.47. The summed E-state index contributed by atoms with van der Waals surface area (Å²) >= 11 is 0. The molecule has 1 fully saturated rings. The Kier molecular flexibility index (Phi) is 4.01. The van der Waals surface area contributed by atoms with Crippen molar-refractivity contribution < 1.29 is 9.32 Å². The van der Waals surface area contributed by atoms with E-state index in [4.69, 9.17) is 4.52 Å². The van der Waals surface area contributed by atoms with Gasteiger partial charge in [-0.05, 0) is 36.2 Å². The molecule has 2 aromatic heterocycles. The van der Waals surface area contributed by atoms with E-state index in [-0.39, 0.29) is 11.8 Å². The molecule has 25 heavy (non-hydrogen) atoms. The van der Waals surface area contributed by atoms with Gasteiger partial charge in [-0.25, -0.2) is 0 Å². The van der Waals surface area contributed by atoms with E-state index in [0.717, 1.165) is 12.1 Å². The number of carbonyl (C=O) groups is 1. The number of aryl methyl sites for hydroxylation is 1. The van der Waals surface area contributed by atoms with Gasteiger partial charge in [0.2, 0.25) is 17.6 Å². The van der Waals surface area contributed by atoms with Gasteiger partial charge in [-0.15, -0.1) is 0 Å². The zero-order chi connectivity index (χ0) is 17.2. The maximum atomic E-state index is 12.4. The second-order valence-corrected chi connectivity index (χ2v) is 6.10. The minimum absolute atomic E-state index is 0.0758. The zero-order valence-electron chi connectivity index (χ0n) is 13.9. The molecule has 6 nitrogen and oxygen atoms in total. The fourth-order valence-corrected chi connectivity index (χ4v) is 3.03. The van der Waals surface area contributed by atoms with Gasteiger partial charge < -0.3 is 9.42 Å². The molecule has 1 saturated heterocycles. The number of carbonyl (C=O) groups excluding carboxylic acids is 1. The van der Waals surface area contributed by atoms with Gasteiger partial charge in [0.1, 0.15) is 5.69 Å². The number of pyridine rings is 1. The molecule has 1 atom stereocenters. The molecule has 126 valence electrons. The summed E-state index contributed by atoms with van der Waals surface area (Å²) in [5, 5.41) is 4.00. The molecule has 0 bridgehead atoms. The van der Waals surface area contributed by atoms with Gasteiger partial charge >= 0.3 is 0 Å². The lowest BCUT2D eigenvalue weighted by Crippen LogP contribution is -2.24. The largest absolute Gasteiger partial charge is 0.339 e. The molecule has 6 heteroatoms. The lowest BCUT2D eigenvalue weighted by molar-refractivity contribution is -0.117. The number of anilines is 1. The number of nitrogens with zero attached hydrogens (tertiary/aromatic N) is 4. The Morgan fingerprint density at radius 1 is 1.20 bits per heavy atom. The summed E-state index contributed by atoms with van der Waals surface area (Å²) in [5.74, 6) is 0.922. The highest BCUT2D eigenvalue weighted by molar-refractivity contribution is 5.96. The van der Waals surface area contributed by atoms with Gasteiger partial charge in [0, 0.05) is 24.8 Å². The Labute approximate surface area is 145 Å². The topological polar surface area (TPSA) is 72.1 Å². The first-order valence-electron chi connectivity index (χ1n) is 8.39. The molecule has 0 radical (unpaired) electrons. The number of hydrogen-bond acceptors (Lipinski definition) is 5. The van der Waals surface area contributed by atoms with E-state index in [1.165, 1.54) is 5.56 Å². The predicted molar refractivity (Wildman–Crippen MR) is 93.1 cm³/mol. The Morgan fingerprint density at radius 2 is 2.04 bits per heavy atom. The fourth-order valence-electron chi connectivity index (χ4n) is 3.03. The van der Waals surface area contributed by atoms with E-state index in [2.05, 4.69) is 34.2 Å². The van der Waals surface area contributed by atoms with Crippen LogP contribution in [-0.4, -0.2) is 27.6 Å². The lowest BCUT2D eigenvalue weighted by Gasteiger charge is -2.16. The smallest absolute Gasteiger partial charge is 0.232 e. The minimum atomic E-state index is -0.0942. The van der Waals surface area contributed by atoms with Crippen LogP contribution in [0, 0.1) is 0 Å². The highest BCUT2D eigenvalue weighted by atomic mass is 16.5. The van der Waals surface area contributed by atoms with E-state index in [0.29, 0.717) is 30.4 Å². The fraction of sp³-hybridized carbons (Fsp3) is 0.263. The van der Waals surface area contributed by atoms with Gasteiger partial charge in [0.15, 0.2) is 0 Å². The molecule has 1 aromatic carbocycles. The van der Waals surface area contributed by atoms with Crippen LogP contribution in [0.3, 0.4) is 0 Å². The standard InChI is InChI=1S/C19H18N4O2/c1-2-13-6-8-15(9-7-13)23-12-14(11-17(23)24)19-21-18(22-25-19)16-5-3-4-10-20-16/h3-10,14H,2,11-12H2,1H3. The third-order valence-corrected chi connectivity index (χ3v) is 4.47. The van der Waals surface area contributed by atoms with Crippen LogP contribution < -0.4 is 4.90 Å². The summed E-state index contributed by atoms with van der Waals surface area (Å²) in [7, 11) is 0. The van der Waals surface area contributed by atoms with Crippen LogP contribution in [0.2, 0.25) is 0 Å². The number of benzene rings is 1. The molecule has 0 spiro atoms. The molecule has 1 aliphatic rings. The second-order valence-electron chi connectivity index (χ2n) is 6.10. The predicted octanol–water partition coefficient (Wildman–Crippen LogP) is 3.21. The molecule has 1 unspecified atom stereocenters. The Bertz CT molecular complexity index is 874. The van der Waals surface area contributed by atoms with Crippen LogP contribution in [0.1, 0.15) is 30.7 Å². The second kappa shape index (κ2) is 6.47. The molecule has 1 amide bonds. The van der Waals surface area contributed by atoms with Crippen molar-refractivity contribution in [1.82, 2.24) is 15.1 Å². The number of aromatic nitrogens is 3. The van der Waals surface area contributed by atoms with Crippen LogP contribution in [0.25, 0.3) is 11.5 Å². The van der Waals surface area contributed by atoms with E-state index in [9.17, 15) is 4.79 Å². The molecule has 4 rings (SSSR count). The number of amides is 1. The van der Waals surface area contributed by atoms with Gasteiger partial charge in [0.05, 0.1) is 5.92 Å². The van der Waals surface area contributed by atoms with Gasteiger partial charge in [-0.2, -0.15) is 4.98 Å². The maximum absolute atomic E-state index is 12.4. The van der Waals surface area contributed by atoms with Gasteiger partial charge in [-0.3, -0.25) is 9.78 Å². The first-order valence-corrected chi connectivity index (χ1v) is 8.39. The van der Waals surface area contributed by atoms with Crippen molar-refractivity contribution in [2.75, 3.05) is 11.4 Å². The molecule has 0 aliphatic carbocycles. The van der Waals surface area contributed by atoms with E-state index < -0.39 is 0 Å². The first-order chi connectivity index (χ1) is 12.2. The highest BCUT2D eigenvalue weighted by Crippen LogP contribution is 2.31. The Morgan fingerprint density at radius 3 is 2.76 bits per heavy atom. The van der Waals surface area contributed by atoms with Crippen LogP contribution in [0.5, 0.6) is 0 Å². The summed E-state index contributed by atoms with van der Waals surface area (Å²) in [4.78, 5) is 22.9. The van der Waals surface area contributed by atoms with Crippen molar-refractivity contribution in [3.63, 3.8) is 0 Å². The van der Waals surface area contributed by atoms with Crippen molar-refractivity contribution in [2.24, 2.45) is 0 Å². The summed E-state index contributed by atoms with van der Waals surface area (Å²) in [5.41, 5.74) is 2.83. The Hall–Kier alpha value is -3.02. The normalized spacial score (nSPS) is 17.2. The quantitative estimate of drug-likeness (QED) is 0.732. The lowest BCUT2D eigenvalue weighted by atomic mass is 10.1. The zero-order valence-corrected chi connectivity index (χ0v) is 13.9. The first kappa shape index (κ1) is 15.5. The average molecular weight is 334 g/mol. The Balaban J connectivity index is 1.53. The number of rotatable bonds is 4. The molecule has 0 saturated carbocycles. The van der Waals surface area contributed by atoms with Crippen LogP contribution >= 0.6 is 0 Å². The van der Waals surface area contributed by atoms with Crippen LogP contribution in [0.15, 0.2) is 53.2 Å². The molecular formula is C19H18N4O2. The average Bonchev–Trinajstić information content (AvgIpc) is 3.29. The molecule has 3 heterocycles. The molecule has 3 aromatic rings.